The maximum atomic E-state index is 12.5. The van der Waals surface area contributed by atoms with Crippen molar-refractivity contribution in [2.24, 2.45) is 0 Å². The lowest BCUT2D eigenvalue weighted by molar-refractivity contribution is 0.0955. The third kappa shape index (κ3) is 2.83. The number of amides is 1. The van der Waals surface area contributed by atoms with Gasteiger partial charge in [-0.3, -0.25) is 4.79 Å². The first-order valence-corrected chi connectivity index (χ1v) is 7.92. The molecule has 0 saturated heterocycles. The summed E-state index contributed by atoms with van der Waals surface area (Å²) in [6.07, 6.45) is 4.08. The molecule has 0 bridgehead atoms. The van der Waals surface area contributed by atoms with Crippen LogP contribution in [0.25, 0.3) is 11.0 Å². The third-order valence-corrected chi connectivity index (χ3v) is 3.98. The second-order valence-corrected chi connectivity index (χ2v) is 6.15. The average molecular weight is 301 g/mol. The van der Waals surface area contributed by atoms with E-state index in [1.807, 2.05) is 17.8 Å². The van der Waals surface area contributed by atoms with Crippen LogP contribution < -0.4 is 10.6 Å². The van der Waals surface area contributed by atoms with E-state index in [4.69, 9.17) is 4.98 Å². The Morgan fingerprint density at radius 3 is 2.82 bits per heavy atom. The topological polar surface area (TPSA) is 71.8 Å². The van der Waals surface area contributed by atoms with Crippen LogP contribution in [0.3, 0.4) is 0 Å². The molecule has 1 saturated carbocycles. The molecule has 0 atom stereocenters. The minimum absolute atomic E-state index is 0.0483. The van der Waals surface area contributed by atoms with E-state index in [1.165, 1.54) is 0 Å². The lowest BCUT2D eigenvalue weighted by Crippen LogP contribution is -2.30. The number of fused-ring (bicyclic) bond motifs is 1. The molecule has 1 fully saturated rings. The summed E-state index contributed by atoms with van der Waals surface area (Å²) in [6.45, 7) is 5.51. The molecular weight excluding hydrogens is 278 g/mol. The van der Waals surface area contributed by atoms with Gasteiger partial charge in [0.15, 0.2) is 5.65 Å². The zero-order valence-electron chi connectivity index (χ0n) is 13.4. The van der Waals surface area contributed by atoms with Gasteiger partial charge < -0.3 is 10.6 Å². The largest absolute Gasteiger partial charge is 0.351 e. The Hall–Kier alpha value is -1.95. The van der Waals surface area contributed by atoms with Crippen molar-refractivity contribution in [1.82, 2.24) is 25.4 Å². The molecule has 1 aliphatic rings. The molecule has 2 N–H and O–H groups in total. The van der Waals surface area contributed by atoms with Crippen LogP contribution in [0.1, 0.15) is 54.7 Å². The SMILES string of the molecule is CNCCNC(=O)c1cc(C2CC2)nc2c1cnn2C(C)C. The fourth-order valence-electron chi connectivity index (χ4n) is 2.59. The Bertz CT molecular complexity index is 687. The second-order valence-electron chi connectivity index (χ2n) is 6.15. The van der Waals surface area contributed by atoms with Gasteiger partial charge in [-0.15, -0.1) is 0 Å². The highest BCUT2D eigenvalue weighted by Gasteiger charge is 2.28. The Morgan fingerprint density at radius 2 is 2.18 bits per heavy atom. The summed E-state index contributed by atoms with van der Waals surface area (Å²) in [7, 11) is 1.87. The van der Waals surface area contributed by atoms with Gasteiger partial charge in [0, 0.05) is 30.7 Å². The molecule has 1 aliphatic carbocycles. The van der Waals surface area contributed by atoms with Crippen molar-refractivity contribution >= 4 is 16.9 Å². The highest BCUT2D eigenvalue weighted by molar-refractivity contribution is 6.05. The normalized spacial score (nSPS) is 14.7. The summed E-state index contributed by atoms with van der Waals surface area (Å²) in [4.78, 5) is 17.3. The maximum Gasteiger partial charge on any atom is 0.252 e. The number of hydrogen-bond donors (Lipinski definition) is 2. The number of hydrogen-bond acceptors (Lipinski definition) is 4. The van der Waals surface area contributed by atoms with Crippen LogP contribution in [0.15, 0.2) is 12.3 Å². The molecule has 6 heteroatoms. The lowest BCUT2D eigenvalue weighted by Gasteiger charge is -2.10. The molecular formula is C16H23N5O. The van der Waals surface area contributed by atoms with E-state index in [0.717, 1.165) is 36.1 Å². The smallest absolute Gasteiger partial charge is 0.252 e. The monoisotopic (exact) mass is 301 g/mol. The van der Waals surface area contributed by atoms with Crippen molar-refractivity contribution in [1.29, 1.82) is 0 Å². The Kier molecular flexibility index (Phi) is 4.11. The van der Waals surface area contributed by atoms with E-state index < -0.39 is 0 Å². The molecule has 0 unspecified atom stereocenters. The molecule has 0 radical (unpaired) electrons. The molecule has 2 heterocycles. The molecule has 3 rings (SSSR count). The Morgan fingerprint density at radius 1 is 1.41 bits per heavy atom. The fraction of sp³-hybridized carbons (Fsp3) is 0.562. The van der Waals surface area contributed by atoms with Crippen molar-refractivity contribution in [3.05, 3.63) is 23.5 Å². The standard InChI is InChI=1S/C16H23N5O/c1-10(2)21-15-13(9-19-21)12(16(22)18-7-6-17-3)8-14(20-15)11-4-5-11/h8-11,17H,4-7H2,1-3H3,(H,18,22). The van der Waals surface area contributed by atoms with Gasteiger partial charge >= 0.3 is 0 Å². The fourth-order valence-corrected chi connectivity index (χ4v) is 2.59. The first-order chi connectivity index (χ1) is 10.6. The van der Waals surface area contributed by atoms with Gasteiger partial charge in [0.05, 0.1) is 17.1 Å². The predicted molar refractivity (Wildman–Crippen MR) is 86.1 cm³/mol. The van der Waals surface area contributed by atoms with Crippen LogP contribution in [0.2, 0.25) is 0 Å². The number of nitrogens with zero attached hydrogens (tertiary/aromatic N) is 3. The van der Waals surface area contributed by atoms with Crippen LogP contribution in [-0.4, -0.2) is 40.8 Å². The number of pyridine rings is 1. The molecule has 2 aromatic heterocycles. The number of carbonyl (C=O) groups excluding carboxylic acids is 1. The minimum Gasteiger partial charge on any atom is -0.351 e. The number of aromatic nitrogens is 3. The van der Waals surface area contributed by atoms with E-state index in [9.17, 15) is 4.79 Å². The summed E-state index contributed by atoms with van der Waals surface area (Å²) >= 11 is 0. The molecule has 118 valence electrons. The van der Waals surface area contributed by atoms with Gasteiger partial charge in [0.25, 0.3) is 5.91 Å². The van der Waals surface area contributed by atoms with Crippen molar-refractivity contribution in [3.63, 3.8) is 0 Å². The predicted octanol–water partition coefficient (Wildman–Crippen LogP) is 1.84. The van der Waals surface area contributed by atoms with Gasteiger partial charge in [-0.2, -0.15) is 5.10 Å². The third-order valence-electron chi connectivity index (χ3n) is 3.98. The molecule has 0 aromatic carbocycles. The Balaban J connectivity index is 2.01. The highest BCUT2D eigenvalue weighted by Crippen LogP contribution is 2.40. The van der Waals surface area contributed by atoms with Crippen LogP contribution in [0.5, 0.6) is 0 Å². The zero-order valence-corrected chi connectivity index (χ0v) is 13.4. The van der Waals surface area contributed by atoms with Crippen molar-refractivity contribution in [2.75, 3.05) is 20.1 Å². The van der Waals surface area contributed by atoms with Crippen LogP contribution >= 0.6 is 0 Å². The molecule has 22 heavy (non-hydrogen) atoms. The van der Waals surface area contributed by atoms with Gasteiger partial charge in [-0.1, -0.05) is 0 Å². The molecule has 6 nitrogen and oxygen atoms in total. The van der Waals surface area contributed by atoms with Gasteiger partial charge in [0.2, 0.25) is 0 Å². The number of rotatable bonds is 6. The van der Waals surface area contributed by atoms with E-state index in [-0.39, 0.29) is 11.9 Å². The molecule has 0 spiro atoms. The Labute approximate surface area is 130 Å². The van der Waals surface area contributed by atoms with Crippen molar-refractivity contribution < 1.29 is 4.79 Å². The molecule has 0 aliphatic heterocycles. The van der Waals surface area contributed by atoms with Crippen LogP contribution in [0, 0.1) is 0 Å². The van der Waals surface area contributed by atoms with E-state index >= 15 is 0 Å². The van der Waals surface area contributed by atoms with Gasteiger partial charge in [0.1, 0.15) is 0 Å². The summed E-state index contributed by atoms with van der Waals surface area (Å²) in [5, 5.41) is 11.2. The van der Waals surface area contributed by atoms with E-state index in [2.05, 4.69) is 29.6 Å². The molecule has 2 aromatic rings. The summed E-state index contributed by atoms with van der Waals surface area (Å²) in [6, 6.07) is 2.17. The quantitative estimate of drug-likeness (QED) is 0.799. The average Bonchev–Trinajstić information content (AvgIpc) is 3.25. The lowest BCUT2D eigenvalue weighted by atomic mass is 10.1. The molecule has 1 amide bonds. The summed E-state index contributed by atoms with van der Waals surface area (Å²) in [5.74, 6) is 0.455. The van der Waals surface area contributed by atoms with Crippen LogP contribution in [0.4, 0.5) is 0 Å². The van der Waals surface area contributed by atoms with Crippen molar-refractivity contribution in [2.45, 2.75) is 38.6 Å². The van der Waals surface area contributed by atoms with E-state index in [0.29, 0.717) is 18.0 Å². The van der Waals surface area contributed by atoms with E-state index in [1.54, 1.807) is 6.20 Å². The number of nitrogens with one attached hydrogen (secondary N) is 2. The first-order valence-electron chi connectivity index (χ1n) is 7.92. The number of likely N-dealkylation sites (N-methyl/N-ethyl adjacent to an activating group) is 1. The highest BCUT2D eigenvalue weighted by atomic mass is 16.1. The van der Waals surface area contributed by atoms with Crippen molar-refractivity contribution in [3.8, 4) is 0 Å². The number of carbonyl (C=O) groups is 1. The summed E-state index contributed by atoms with van der Waals surface area (Å²) in [5.41, 5.74) is 2.53. The van der Waals surface area contributed by atoms with Crippen LogP contribution in [-0.2, 0) is 0 Å². The van der Waals surface area contributed by atoms with Gasteiger partial charge in [-0.05, 0) is 39.8 Å². The maximum absolute atomic E-state index is 12.5. The van der Waals surface area contributed by atoms with Gasteiger partial charge in [-0.25, -0.2) is 9.67 Å². The minimum atomic E-state index is -0.0483. The summed E-state index contributed by atoms with van der Waals surface area (Å²) < 4.78 is 1.89. The second kappa shape index (κ2) is 6.04. The first kappa shape index (κ1) is 15.0. The zero-order chi connectivity index (χ0) is 15.7.